The van der Waals surface area contributed by atoms with Gasteiger partial charge in [-0.25, -0.2) is 9.48 Å². The average Bonchev–Trinajstić information content (AvgIpc) is 3.18. The van der Waals surface area contributed by atoms with Crippen molar-refractivity contribution in [3.8, 4) is 11.4 Å². The molecule has 0 bridgehead atoms. The number of para-hydroxylation sites is 1. The summed E-state index contributed by atoms with van der Waals surface area (Å²) in [6.07, 6.45) is 6.03. The molecule has 1 heterocycles. The molecule has 1 aliphatic carbocycles. The molecular weight excluding hydrogens is 376 g/mol. The number of benzene rings is 2. The fourth-order valence-electron chi connectivity index (χ4n) is 3.97. The van der Waals surface area contributed by atoms with Gasteiger partial charge in [-0.15, -0.1) is 0 Å². The minimum absolute atomic E-state index is 0.169. The van der Waals surface area contributed by atoms with E-state index in [4.69, 9.17) is 5.10 Å². The summed E-state index contributed by atoms with van der Waals surface area (Å²) in [7, 11) is 0. The predicted octanol–water partition coefficient (Wildman–Crippen LogP) is 5.26. The van der Waals surface area contributed by atoms with Crippen LogP contribution in [0.3, 0.4) is 0 Å². The first-order chi connectivity index (χ1) is 14.6. The number of carbonyl (C=O) groups excluding carboxylic acids is 1. The second kappa shape index (κ2) is 9.03. The van der Waals surface area contributed by atoms with Gasteiger partial charge in [0.15, 0.2) is 0 Å². The fourth-order valence-corrected chi connectivity index (χ4v) is 3.97. The number of anilines is 1. The van der Waals surface area contributed by atoms with E-state index in [1.165, 1.54) is 24.8 Å². The highest BCUT2D eigenvalue weighted by Crippen LogP contribution is 2.33. The average molecular weight is 405 g/mol. The van der Waals surface area contributed by atoms with E-state index in [-0.39, 0.29) is 18.3 Å². The molecule has 3 aromatic rings. The molecule has 0 aliphatic heterocycles. The van der Waals surface area contributed by atoms with E-state index < -0.39 is 0 Å². The van der Waals surface area contributed by atoms with Crippen LogP contribution in [-0.2, 0) is 6.54 Å². The first-order valence-electron chi connectivity index (χ1n) is 10.6. The quantitative estimate of drug-likeness (QED) is 0.543. The summed E-state index contributed by atoms with van der Waals surface area (Å²) in [5, 5.41) is 20.5. The monoisotopic (exact) mass is 404 g/mol. The van der Waals surface area contributed by atoms with Crippen LogP contribution in [-0.4, -0.2) is 20.9 Å². The number of carbonyl (C=O) groups is 1. The zero-order valence-corrected chi connectivity index (χ0v) is 17.3. The van der Waals surface area contributed by atoms with Crippen LogP contribution in [0.2, 0.25) is 0 Å². The molecule has 0 saturated heterocycles. The van der Waals surface area contributed by atoms with Crippen LogP contribution in [0.1, 0.15) is 54.8 Å². The van der Waals surface area contributed by atoms with Crippen molar-refractivity contribution in [3.63, 3.8) is 0 Å². The number of aryl methyl sites for hydroxylation is 1. The number of hydrogen-bond acceptors (Lipinski definition) is 3. The Morgan fingerprint density at radius 3 is 2.57 bits per heavy atom. The third kappa shape index (κ3) is 4.64. The predicted molar refractivity (Wildman–Crippen MR) is 118 cm³/mol. The smallest absolute Gasteiger partial charge is 0.320 e. The van der Waals surface area contributed by atoms with Crippen molar-refractivity contribution in [1.29, 1.82) is 0 Å². The molecule has 1 saturated carbocycles. The molecular formula is C24H28N4O2. The van der Waals surface area contributed by atoms with E-state index >= 15 is 0 Å². The largest absolute Gasteiger partial charge is 0.508 e. The van der Waals surface area contributed by atoms with Gasteiger partial charge in [0, 0.05) is 24.1 Å². The zero-order chi connectivity index (χ0) is 20.9. The highest BCUT2D eigenvalue weighted by Gasteiger charge is 2.21. The lowest BCUT2D eigenvalue weighted by Crippen LogP contribution is -2.29. The van der Waals surface area contributed by atoms with Crippen molar-refractivity contribution < 1.29 is 9.90 Å². The van der Waals surface area contributed by atoms with Crippen molar-refractivity contribution in [2.24, 2.45) is 0 Å². The normalized spacial score (nSPS) is 14.4. The molecule has 2 amide bonds. The first-order valence-corrected chi connectivity index (χ1v) is 10.6. The van der Waals surface area contributed by atoms with E-state index in [0.29, 0.717) is 17.3 Å². The van der Waals surface area contributed by atoms with E-state index in [9.17, 15) is 9.90 Å². The van der Waals surface area contributed by atoms with Gasteiger partial charge in [0.05, 0.1) is 11.4 Å². The lowest BCUT2D eigenvalue weighted by atomic mass is 9.87. The number of phenolic OH excluding ortho intramolecular Hbond substituents is 1. The van der Waals surface area contributed by atoms with E-state index in [1.807, 2.05) is 48.0 Å². The van der Waals surface area contributed by atoms with Crippen LogP contribution in [0.5, 0.6) is 5.75 Å². The number of aromatic hydroxyl groups is 1. The van der Waals surface area contributed by atoms with Gasteiger partial charge < -0.3 is 10.4 Å². The van der Waals surface area contributed by atoms with Gasteiger partial charge in [0.2, 0.25) is 0 Å². The molecule has 156 valence electrons. The first kappa shape index (κ1) is 20.0. The maximum atomic E-state index is 12.6. The maximum absolute atomic E-state index is 12.6. The lowest BCUT2D eigenvalue weighted by molar-refractivity contribution is 0.251. The van der Waals surface area contributed by atoms with Gasteiger partial charge in [-0.2, -0.15) is 5.10 Å². The highest BCUT2D eigenvalue weighted by molar-refractivity contribution is 5.88. The Hall–Kier alpha value is -3.28. The van der Waals surface area contributed by atoms with Gasteiger partial charge in [0.25, 0.3) is 0 Å². The number of aromatic nitrogens is 2. The van der Waals surface area contributed by atoms with Crippen LogP contribution in [0, 0.1) is 6.92 Å². The van der Waals surface area contributed by atoms with Gasteiger partial charge in [-0.1, -0.05) is 55.2 Å². The third-order valence-electron chi connectivity index (χ3n) is 5.70. The van der Waals surface area contributed by atoms with Crippen LogP contribution in [0.15, 0.2) is 54.6 Å². The third-order valence-corrected chi connectivity index (χ3v) is 5.70. The molecule has 6 nitrogen and oxygen atoms in total. The molecule has 6 heteroatoms. The molecule has 1 aliphatic rings. The number of amides is 2. The minimum Gasteiger partial charge on any atom is -0.508 e. The molecule has 0 spiro atoms. The highest BCUT2D eigenvalue weighted by atomic mass is 16.3. The van der Waals surface area contributed by atoms with E-state index in [1.54, 1.807) is 18.2 Å². The maximum Gasteiger partial charge on any atom is 0.320 e. The number of urea groups is 1. The number of rotatable bonds is 5. The fraction of sp³-hybridized carbons (Fsp3) is 0.333. The van der Waals surface area contributed by atoms with Crippen LogP contribution >= 0.6 is 0 Å². The molecule has 3 N–H and O–H groups in total. The number of nitrogens with zero attached hydrogens (tertiary/aromatic N) is 2. The van der Waals surface area contributed by atoms with Gasteiger partial charge >= 0.3 is 6.03 Å². The summed E-state index contributed by atoms with van der Waals surface area (Å²) in [5.74, 6) is 1.26. The standard InChI is InChI=1S/C24H28N4O2/c1-17-11-13-20(14-12-17)28-23(15-21(27-28)18-7-3-2-4-8-18)26-24(30)25-16-19-9-5-6-10-22(19)29/h5-6,9-15,18,29H,2-4,7-8,16H2,1H3,(H2,25,26,30). The Balaban J connectivity index is 1.54. The van der Waals surface area contributed by atoms with Crippen molar-refractivity contribution in [2.75, 3.05) is 5.32 Å². The number of hydrogen-bond donors (Lipinski definition) is 3. The summed E-state index contributed by atoms with van der Waals surface area (Å²) < 4.78 is 1.81. The molecule has 1 fully saturated rings. The zero-order valence-electron chi connectivity index (χ0n) is 17.3. The Morgan fingerprint density at radius 2 is 1.83 bits per heavy atom. The Bertz CT molecular complexity index is 1000. The van der Waals surface area contributed by atoms with Crippen molar-refractivity contribution >= 4 is 11.8 Å². The minimum atomic E-state index is -0.332. The molecule has 0 radical (unpaired) electrons. The molecule has 0 unspecified atom stereocenters. The summed E-state index contributed by atoms with van der Waals surface area (Å²) in [6.45, 7) is 2.29. The van der Waals surface area contributed by atoms with Crippen LogP contribution < -0.4 is 10.6 Å². The van der Waals surface area contributed by atoms with Crippen LogP contribution in [0.4, 0.5) is 10.6 Å². The SMILES string of the molecule is Cc1ccc(-n2nc(C3CCCCC3)cc2NC(=O)NCc2ccccc2O)cc1. The molecule has 0 atom stereocenters. The number of nitrogens with one attached hydrogen (secondary N) is 2. The summed E-state index contributed by atoms with van der Waals surface area (Å²) >= 11 is 0. The lowest BCUT2D eigenvalue weighted by Gasteiger charge is -2.19. The topological polar surface area (TPSA) is 79.2 Å². The molecule has 1 aromatic heterocycles. The van der Waals surface area contributed by atoms with Gasteiger partial charge in [-0.05, 0) is 38.0 Å². The molecule has 2 aromatic carbocycles. The van der Waals surface area contributed by atoms with Crippen molar-refractivity contribution in [1.82, 2.24) is 15.1 Å². The van der Waals surface area contributed by atoms with Gasteiger partial charge in [-0.3, -0.25) is 5.32 Å². The Morgan fingerprint density at radius 1 is 1.10 bits per heavy atom. The van der Waals surface area contributed by atoms with Crippen LogP contribution in [0.25, 0.3) is 5.69 Å². The summed E-state index contributed by atoms with van der Waals surface area (Å²) in [6, 6.07) is 16.8. The molecule has 4 rings (SSSR count). The Kier molecular flexibility index (Phi) is 6.02. The van der Waals surface area contributed by atoms with Gasteiger partial charge in [0.1, 0.15) is 11.6 Å². The second-order valence-electron chi connectivity index (χ2n) is 7.97. The summed E-state index contributed by atoms with van der Waals surface area (Å²) in [4.78, 5) is 12.6. The van der Waals surface area contributed by atoms with Crippen molar-refractivity contribution in [2.45, 2.75) is 51.5 Å². The van der Waals surface area contributed by atoms with Crippen molar-refractivity contribution in [3.05, 3.63) is 71.4 Å². The second-order valence-corrected chi connectivity index (χ2v) is 7.97. The Labute approximate surface area is 176 Å². The summed E-state index contributed by atoms with van der Waals surface area (Å²) in [5.41, 5.74) is 3.79. The van der Waals surface area contributed by atoms with E-state index in [2.05, 4.69) is 10.6 Å². The van der Waals surface area contributed by atoms with E-state index in [0.717, 1.165) is 24.2 Å². The molecule has 30 heavy (non-hydrogen) atoms. The number of phenols is 1.